The van der Waals surface area contributed by atoms with Gasteiger partial charge in [0.15, 0.2) is 0 Å². The summed E-state index contributed by atoms with van der Waals surface area (Å²) >= 11 is 0. The summed E-state index contributed by atoms with van der Waals surface area (Å²) in [6.45, 7) is 3.36. The molecule has 0 saturated carbocycles. The molecule has 0 bridgehead atoms. The molecular formula is C27H28FN3O2. The van der Waals surface area contributed by atoms with Crippen LogP contribution in [0.3, 0.4) is 0 Å². The van der Waals surface area contributed by atoms with Gasteiger partial charge in [0.2, 0.25) is 11.8 Å². The monoisotopic (exact) mass is 445 g/mol. The molecule has 33 heavy (non-hydrogen) atoms. The van der Waals surface area contributed by atoms with Crippen LogP contribution in [0.2, 0.25) is 0 Å². The number of amides is 2. The van der Waals surface area contributed by atoms with Crippen LogP contribution < -0.4 is 5.32 Å². The van der Waals surface area contributed by atoms with Crippen LogP contribution in [0.1, 0.15) is 24.5 Å². The van der Waals surface area contributed by atoms with E-state index in [2.05, 4.69) is 10.3 Å². The predicted molar refractivity (Wildman–Crippen MR) is 126 cm³/mol. The maximum absolute atomic E-state index is 13.2. The molecule has 4 rings (SSSR count). The Kier molecular flexibility index (Phi) is 6.82. The Morgan fingerprint density at radius 1 is 1.03 bits per heavy atom. The molecule has 0 aliphatic carbocycles. The van der Waals surface area contributed by atoms with Crippen LogP contribution in [0, 0.1) is 11.2 Å². The van der Waals surface area contributed by atoms with E-state index in [1.54, 1.807) is 23.2 Å². The van der Waals surface area contributed by atoms with Crippen molar-refractivity contribution >= 4 is 11.8 Å². The summed E-state index contributed by atoms with van der Waals surface area (Å²) in [5.74, 6) is -0.379. The second-order valence-corrected chi connectivity index (χ2v) is 8.62. The van der Waals surface area contributed by atoms with Gasteiger partial charge in [-0.25, -0.2) is 4.39 Å². The van der Waals surface area contributed by atoms with Gasteiger partial charge in [0, 0.05) is 32.0 Å². The molecule has 170 valence electrons. The highest BCUT2D eigenvalue weighted by atomic mass is 19.1. The molecule has 5 nitrogen and oxygen atoms in total. The fourth-order valence-corrected chi connectivity index (χ4v) is 4.47. The molecule has 2 heterocycles. The molecule has 1 aliphatic rings. The third-order valence-electron chi connectivity index (χ3n) is 6.29. The predicted octanol–water partition coefficient (Wildman–Crippen LogP) is 4.03. The third kappa shape index (κ3) is 5.28. The van der Waals surface area contributed by atoms with Crippen molar-refractivity contribution in [3.63, 3.8) is 0 Å². The third-order valence-corrected chi connectivity index (χ3v) is 6.29. The molecule has 1 aromatic heterocycles. The minimum atomic E-state index is -0.662. The number of benzene rings is 2. The van der Waals surface area contributed by atoms with Gasteiger partial charge >= 0.3 is 0 Å². The van der Waals surface area contributed by atoms with Crippen molar-refractivity contribution < 1.29 is 14.0 Å². The normalized spacial score (nSPS) is 17.7. The Balaban J connectivity index is 1.49. The number of nitrogens with zero attached hydrogens (tertiary/aromatic N) is 2. The van der Waals surface area contributed by atoms with Crippen molar-refractivity contribution in [3.8, 4) is 11.1 Å². The van der Waals surface area contributed by atoms with Gasteiger partial charge in [0.25, 0.3) is 0 Å². The molecule has 2 aromatic carbocycles. The summed E-state index contributed by atoms with van der Waals surface area (Å²) in [5, 5.41) is 2.97. The summed E-state index contributed by atoms with van der Waals surface area (Å²) in [4.78, 5) is 32.0. The maximum Gasteiger partial charge on any atom is 0.228 e. The van der Waals surface area contributed by atoms with Crippen molar-refractivity contribution in [1.29, 1.82) is 0 Å². The topological polar surface area (TPSA) is 62.3 Å². The number of hydrogen-bond acceptors (Lipinski definition) is 3. The molecule has 1 fully saturated rings. The molecule has 0 unspecified atom stereocenters. The lowest BCUT2D eigenvalue weighted by Crippen LogP contribution is -2.45. The number of nitrogens with one attached hydrogen (secondary N) is 1. The smallest absolute Gasteiger partial charge is 0.228 e. The van der Waals surface area contributed by atoms with Crippen LogP contribution >= 0.6 is 0 Å². The molecule has 1 atom stereocenters. The minimum Gasteiger partial charge on any atom is -0.356 e. The van der Waals surface area contributed by atoms with Crippen LogP contribution in [-0.4, -0.2) is 41.3 Å². The second-order valence-electron chi connectivity index (χ2n) is 8.62. The van der Waals surface area contributed by atoms with Crippen molar-refractivity contribution in [3.05, 3.63) is 90.0 Å². The molecule has 6 heteroatoms. The van der Waals surface area contributed by atoms with E-state index in [4.69, 9.17) is 0 Å². The van der Waals surface area contributed by atoms with Gasteiger partial charge in [-0.2, -0.15) is 0 Å². The first kappa shape index (κ1) is 22.6. The molecule has 1 saturated heterocycles. The fourth-order valence-electron chi connectivity index (χ4n) is 4.47. The SMILES string of the molecule is CCNC(=O)[C@]1(Cc2ccc(-c3cccnc3)cc2)CCN(C(=O)Cc2ccc(F)cc2)C1. The van der Waals surface area contributed by atoms with Crippen molar-refractivity contribution in [2.75, 3.05) is 19.6 Å². The lowest BCUT2D eigenvalue weighted by molar-refractivity contribution is -0.132. The number of likely N-dealkylation sites (tertiary alicyclic amines) is 1. The number of rotatable bonds is 7. The van der Waals surface area contributed by atoms with Crippen LogP contribution in [0.15, 0.2) is 73.1 Å². The van der Waals surface area contributed by atoms with Gasteiger partial charge in [0.05, 0.1) is 11.8 Å². The zero-order chi connectivity index (χ0) is 23.3. The van der Waals surface area contributed by atoms with Crippen LogP contribution in [-0.2, 0) is 22.4 Å². The Hall–Kier alpha value is -3.54. The molecule has 2 amide bonds. The van der Waals surface area contributed by atoms with E-state index in [1.165, 1.54) is 12.1 Å². The molecular weight excluding hydrogens is 417 g/mol. The van der Waals surface area contributed by atoms with Gasteiger partial charge in [-0.15, -0.1) is 0 Å². The molecule has 0 radical (unpaired) electrons. The van der Waals surface area contributed by atoms with Crippen LogP contribution in [0.25, 0.3) is 11.1 Å². The number of pyridine rings is 1. The van der Waals surface area contributed by atoms with E-state index in [-0.39, 0.29) is 24.1 Å². The lowest BCUT2D eigenvalue weighted by Gasteiger charge is -2.28. The minimum absolute atomic E-state index is 0.0154. The van der Waals surface area contributed by atoms with Gasteiger partial charge in [-0.1, -0.05) is 42.5 Å². The van der Waals surface area contributed by atoms with Crippen molar-refractivity contribution in [1.82, 2.24) is 15.2 Å². The summed E-state index contributed by atoms with van der Waals surface area (Å²) in [7, 11) is 0. The van der Waals surface area contributed by atoms with Gasteiger partial charge in [-0.3, -0.25) is 14.6 Å². The zero-order valence-electron chi connectivity index (χ0n) is 18.8. The summed E-state index contributed by atoms with van der Waals surface area (Å²) in [5.41, 5.74) is 3.27. The quantitative estimate of drug-likeness (QED) is 0.597. The molecule has 0 spiro atoms. The fraction of sp³-hybridized carbons (Fsp3) is 0.296. The van der Waals surface area contributed by atoms with E-state index in [1.807, 2.05) is 49.5 Å². The summed E-state index contributed by atoms with van der Waals surface area (Å²) in [6, 6.07) is 18.1. The first-order chi connectivity index (χ1) is 16.0. The summed E-state index contributed by atoms with van der Waals surface area (Å²) < 4.78 is 13.2. The summed E-state index contributed by atoms with van der Waals surface area (Å²) in [6.07, 6.45) is 4.94. The van der Waals surface area contributed by atoms with E-state index < -0.39 is 5.41 Å². The van der Waals surface area contributed by atoms with Crippen LogP contribution in [0.4, 0.5) is 4.39 Å². The zero-order valence-corrected chi connectivity index (χ0v) is 18.8. The Morgan fingerprint density at radius 3 is 2.42 bits per heavy atom. The highest BCUT2D eigenvalue weighted by molar-refractivity contribution is 5.86. The number of carbonyl (C=O) groups excluding carboxylic acids is 2. The molecule has 1 N–H and O–H groups in total. The molecule has 1 aliphatic heterocycles. The van der Waals surface area contributed by atoms with Crippen molar-refractivity contribution in [2.45, 2.75) is 26.2 Å². The largest absolute Gasteiger partial charge is 0.356 e. The molecule has 3 aromatic rings. The standard InChI is InChI=1S/C27H28FN3O2/c1-2-30-26(33)27(17-21-5-9-22(10-6-21)23-4-3-14-29-18-23)13-15-31(19-27)25(32)16-20-7-11-24(28)12-8-20/h3-12,14,18H,2,13,15-17,19H2,1H3,(H,30,33)/t27-/m0/s1. The number of aromatic nitrogens is 1. The van der Waals surface area contributed by atoms with Crippen molar-refractivity contribution in [2.24, 2.45) is 5.41 Å². The first-order valence-electron chi connectivity index (χ1n) is 11.3. The van der Waals surface area contributed by atoms with Crippen LogP contribution in [0.5, 0.6) is 0 Å². The average molecular weight is 446 g/mol. The highest BCUT2D eigenvalue weighted by Crippen LogP contribution is 2.35. The number of halogens is 1. The van der Waals surface area contributed by atoms with E-state index >= 15 is 0 Å². The van der Waals surface area contributed by atoms with E-state index in [0.29, 0.717) is 32.5 Å². The second kappa shape index (κ2) is 9.94. The Morgan fingerprint density at radius 2 is 1.76 bits per heavy atom. The van der Waals surface area contributed by atoms with Gasteiger partial charge in [0.1, 0.15) is 5.82 Å². The highest BCUT2D eigenvalue weighted by Gasteiger charge is 2.45. The number of hydrogen-bond donors (Lipinski definition) is 1. The van der Waals surface area contributed by atoms with E-state index in [0.717, 1.165) is 22.3 Å². The van der Waals surface area contributed by atoms with Gasteiger partial charge < -0.3 is 10.2 Å². The lowest BCUT2D eigenvalue weighted by atomic mass is 9.79. The Bertz CT molecular complexity index is 1100. The Labute approximate surface area is 193 Å². The average Bonchev–Trinajstić information content (AvgIpc) is 3.27. The number of carbonyl (C=O) groups is 2. The first-order valence-corrected chi connectivity index (χ1v) is 11.3. The maximum atomic E-state index is 13.2. The van der Waals surface area contributed by atoms with E-state index in [9.17, 15) is 14.0 Å². The van der Waals surface area contributed by atoms with Gasteiger partial charge in [-0.05, 0) is 60.2 Å².